The predicted molar refractivity (Wildman–Crippen MR) is 135 cm³/mol. The number of para-hydroxylation sites is 1. The zero-order valence-corrected chi connectivity index (χ0v) is 21.3. The number of hydrogen-bond donors (Lipinski definition) is 1. The van der Waals surface area contributed by atoms with Crippen molar-refractivity contribution in [1.29, 1.82) is 0 Å². The van der Waals surface area contributed by atoms with E-state index in [2.05, 4.69) is 4.28 Å². The Hall–Kier alpha value is -2.60. The smallest absolute Gasteiger partial charge is 0.295 e. The second-order valence-corrected chi connectivity index (χ2v) is 11.3. The molecule has 34 heavy (non-hydrogen) atoms. The number of aromatic nitrogens is 1. The molecule has 0 fully saturated rings. The van der Waals surface area contributed by atoms with Crippen LogP contribution in [0, 0.1) is 0 Å². The molecule has 7 nitrogen and oxygen atoms in total. The van der Waals surface area contributed by atoms with E-state index in [4.69, 9.17) is 22.5 Å². The zero-order chi connectivity index (χ0) is 24.5. The summed E-state index contributed by atoms with van der Waals surface area (Å²) in [5.41, 5.74) is 0.629. The van der Waals surface area contributed by atoms with Crippen molar-refractivity contribution in [2.45, 2.75) is 24.3 Å². The molecule has 0 aliphatic heterocycles. The summed E-state index contributed by atoms with van der Waals surface area (Å²) in [6.45, 7) is 3.31. The van der Waals surface area contributed by atoms with Crippen LogP contribution in [0.1, 0.15) is 25.1 Å². The maximum Gasteiger partial charge on any atom is 0.312 e. The first-order valence-electron chi connectivity index (χ1n) is 9.97. The number of anilines is 1. The van der Waals surface area contributed by atoms with E-state index in [0.717, 1.165) is 9.88 Å². The van der Waals surface area contributed by atoms with Gasteiger partial charge in [-0.05, 0) is 48.2 Å². The van der Waals surface area contributed by atoms with Gasteiger partial charge in [-0.3, -0.25) is 9.69 Å². The Morgan fingerprint density at radius 2 is 1.79 bits per heavy atom. The van der Waals surface area contributed by atoms with E-state index >= 15 is 0 Å². The molecular weight excluding hydrogens is 514 g/mol. The van der Waals surface area contributed by atoms with Crippen LogP contribution in [0.15, 0.2) is 76.3 Å². The van der Waals surface area contributed by atoms with E-state index < -0.39 is 15.7 Å². The first-order valence-corrected chi connectivity index (χ1v) is 13.5. The van der Waals surface area contributed by atoms with Crippen LogP contribution < -0.4 is 10.8 Å². The molecule has 2 heterocycles. The molecule has 1 amide bonds. The van der Waals surface area contributed by atoms with Gasteiger partial charge in [0.05, 0.1) is 26.2 Å². The standard InChI is InChI=1S/C23H20ClN3O4S3/c1-15(28)27(19-7-4-3-6-18(19)24)23(2,16-9-11-17(12-10-16)34(29,30)31-25)21-14-33-22(26-21)20-8-5-13-32-20/h3-14H,25H2,1-2H3/t23-/m0/s1. The molecule has 0 saturated heterocycles. The maximum absolute atomic E-state index is 13.1. The van der Waals surface area contributed by atoms with Crippen LogP contribution in [0.3, 0.4) is 0 Å². The third-order valence-corrected chi connectivity index (χ3v) is 8.73. The predicted octanol–water partition coefficient (Wildman–Crippen LogP) is 5.42. The number of nitrogens with two attached hydrogens (primary N) is 1. The second kappa shape index (κ2) is 9.57. The molecule has 0 unspecified atom stereocenters. The highest BCUT2D eigenvalue weighted by atomic mass is 35.5. The second-order valence-electron chi connectivity index (χ2n) is 7.47. The lowest BCUT2D eigenvalue weighted by molar-refractivity contribution is -0.117. The Morgan fingerprint density at radius 1 is 1.09 bits per heavy atom. The lowest BCUT2D eigenvalue weighted by Crippen LogP contribution is -2.48. The monoisotopic (exact) mass is 533 g/mol. The summed E-state index contributed by atoms with van der Waals surface area (Å²) in [4.78, 5) is 20.5. The molecule has 4 rings (SSSR count). The Kier molecular flexibility index (Phi) is 6.90. The Labute approximate surface area is 210 Å². The van der Waals surface area contributed by atoms with Crippen LogP contribution in [-0.4, -0.2) is 19.3 Å². The summed E-state index contributed by atoms with van der Waals surface area (Å²) in [6, 6.07) is 17.0. The molecule has 0 bridgehead atoms. The summed E-state index contributed by atoms with van der Waals surface area (Å²) in [5.74, 6) is 4.66. The van der Waals surface area contributed by atoms with E-state index in [0.29, 0.717) is 22.0 Å². The number of hydrogen-bond acceptors (Lipinski definition) is 8. The molecule has 0 spiro atoms. The van der Waals surface area contributed by atoms with Gasteiger partial charge in [-0.1, -0.05) is 41.9 Å². The van der Waals surface area contributed by atoms with Crippen molar-refractivity contribution in [3.05, 3.63) is 87.7 Å². The van der Waals surface area contributed by atoms with E-state index in [9.17, 15) is 13.2 Å². The molecule has 2 aromatic carbocycles. The largest absolute Gasteiger partial charge is 0.312 e. The van der Waals surface area contributed by atoms with E-state index in [-0.39, 0.29) is 10.8 Å². The van der Waals surface area contributed by atoms with E-state index in [1.807, 2.05) is 29.8 Å². The third kappa shape index (κ3) is 4.40. The van der Waals surface area contributed by atoms with Gasteiger partial charge in [0.1, 0.15) is 10.5 Å². The van der Waals surface area contributed by atoms with Crippen molar-refractivity contribution in [2.24, 2.45) is 5.90 Å². The number of nitrogens with zero attached hydrogens (tertiary/aromatic N) is 2. The highest BCUT2D eigenvalue weighted by molar-refractivity contribution is 7.86. The number of benzene rings is 2. The summed E-state index contributed by atoms with van der Waals surface area (Å²) in [6.07, 6.45) is 0. The van der Waals surface area contributed by atoms with Crippen LogP contribution in [0.5, 0.6) is 0 Å². The van der Waals surface area contributed by atoms with E-state index in [1.165, 1.54) is 30.4 Å². The maximum atomic E-state index is 13.1. The summed E-state index contributed by atoms with van der Waals surface area (Å²) >= 11 is 9.55. The molecule has 2 N–H and O–H groups in total. The lowest BCUT2D eigenvalue weighted by Gasteiger charge is -2.40. The van der Waals surface area contributed by atoms with Crippen LogP contribution in [0.25, 0.3) is 9.88 Å². The Morgan fingerprint density at radius 3 is 2.38 bits per heavy atom. The summed E-state index contributed by atoms with van der Waals surface area (Å²) < 4.78 is 28.2. The highest BCUT2D eigenvalue weighted by Crippen LogP contribution is 2.43. The Bertz CT molecular complexity index is 1420. The fourth-order valence-corrected chi connectivity index (χ4v) is 6.30. The minimum Gasteiger partial charge on any atom is -0.295 e. The normalized spacial score (nSPS) is 13.4. The van der Waals surface area contributed by atoms with Crippen molar-refractivity contribution in [3.63, 3.8) is 0 Å². The van der Waals surface area contributed by atoms with Crippen molar-refractivity contribution < 1.29 is 17.5 Å². The average Bonchev–Trinajstić information content (AvgIpc) is 3.52. The molecular formula is C23H20ClN3O4S3. The molecule has 0 saturated carbocycles. The average molecular weight is 534 g/mol. The van der Waals surface area contributed by atoms with Crippen LogP contribution in [0.2, 0.25) is 5.02 Å². The zero-order valence-electron chi connectivity index (χ0n) is 18.1. The fourth-order valence-electron chi connectivity index (χ4n) is 3.76. The fraction of sp³-hybridized carbons (Fsp3) is 0.130. The van der Waals surface area contributed by atoms with Gasteiger partial charge < -0.3 is 0 Å². The van der Waals surface area contributed by atoms with Gasteiger partial charge in [-0.25, -0.2) is 4.98 Å². The molecule has 0 aliphatic carbocycles. The van der Waals surface area contributed by atoms with Gasteiger partial charge in [-0.2, -0.15) is 18.6 Å². The topological polar surface area (TPSA) is 103 Å². The molecule has 11 heteroatoms. The number of thiazole rings is 1. The first-order chi connectivity index (χ1) is 16.2. The molecule has 0 aliphatic rings. The first kappa shape index (κ1) is 24.5. The van der Waals surface area contributed by atoms with Crippen molar-refractivity contribution in [2.75, 3.05) is 4.90 Å². The van der Waals surface area contributed by atoms with Gasteiger partial charge in [0, 0.05) is 12.3 Å². The molecule has 1 atom stereocenters. The summed E-state index contributed by atoms with van der Waals surface area (Å²) in [5, 5.41) is 5.08. The SMILES string of the molecule is CC(=O)N(c1ccccc1Cl)[C@@](C)(c1ccc(S(=O)(=O)ON)cc1)c1csc(-c2cccs2)n1. The van der Waals surface area contributed by atoms with Crippen molar-refractivity contribution in [1.82, 2.24) is 4.98 Å². The van der Waals surface area contributed by atoms with Crippen molar-refractivity contribution in [3.8, 4) is 9.88 Å². The van der Waals surface area contributed by atoms with Gasteiger partial charge in [0.25, 0.3) is 0 Å². The number of amides is 1. The van der Waals surface area contributed by atoms with Gasteiger partial charge in [-0.15, -0.1) is 22.7 Å². The molecule has 2 aromatic heterocycles. The van der Waals surface area contributed by atoms with Crippen molar-refractivity contribution >= 4 is 56.0 Å². The number of halogens is 1. The van der Waals surface area contributed by atoms with Gasteiger partial charge in [0.2, 0.25) is 5.91 Å². The number of carbonyl (C=O) groups is 1. The summed E-state index contributed by atoms with van der Waals surface area (Å²) in [7, 11) is -4.08. The number of thiophene rings is 1. The minimum absolute atomic E-state index is 0.106. The highest BCUT2D eigenvalue weighted by Gasteiger charge is 2.41. The third-order valence-electron chi connectivity index (χ3n) is 5.42. The molecule has 176 valence electrons. The molecule has 4 aromatic rings. The van der Waals surface area contributed by atoms with Crippen LogP contribution in [-0.2, 0) is 24.7 Å². The number of rotatable bonds is 7. The van der Waals surface area contributed by atoms with Crippen LogP contribution in [0.4, 0.5) is 5.69 Å². The number of carbonyl (C=O) groups excluding carboxylic acids is 1. The minimum atomic E-state index is -4.08. The van der Waals surface area contributed by atoms with Crippen LogP contribution >= 0.6 is 34.3 Å². The molecule has 0 radical (unpaired) electrons. The van der Waals surface area contributed by atoms with E-state index in [1.54, 1.807) is 52.6 Å². The quantitative estimate of drug-likeness (QED) is 0.318. The Balaban J connectivity index is 1.94. The lowest BCUT2D eigenvalue weighted by atomic mass is 9.86. The van der Waals surface area contributed by atoms with Gasteiger partial charge in [0.15, 0.2) is 0 Å². The van der Waals surface area contributed by atoms with Gasteiger partial charge >= 0.3 is 10.1 Å².